The molecule has 1 fully saturated rings. The van der Waals surface area contributed by atoms with Gasteiger partial charge in [-0.1, -0.05) is 6.07 Å². The summed E-state index contributed by atoms with van der Waals surface area (Å²) < 4.78 is 23.9. The summed E-state index contributed by atoms with van der Waals surface area (Å²) in [6.07, 6.45) is 2.06. The van der Waals surface area contributed by atoms with Crippen molar-refractivity contribution in [2.24, 2.45) is 11.7 Å². The van der Waals surface area contributed by atoms with Crippen molar-refractivity contribution in [3.63, 3.8) is 0 Å². The molecule has 94 valence electrons. The molecule has 1 saturated heterocycles. The van der Waals surface area contributed by atoms with Crippen LogP contribution < -0.4 is 10.5 Å². The predicted molar refractivity (Wildman–Crippen MR) is 63.4 cm³/mol. The van der Waals surface area contributed by atoms with E-state index in [1.54, 1.807) is 6.07 Å². The highest BCUT2D eigenvalue weighted by atomic mass is 19.1. The van der Waals surface area contributed by atoms with E-state index in [9.17, 15) is 4.39 Å². The van der Waals surface area contributed by atoms with Crippen LogP contribution in [-0.4, -0.2) is 20.3 Å². The first kappa shape index (κ1) is 12.3. The van der Waals surface area contributed by atoms with E-state index in [0.717, 1.165) is 25.0 Å². The van der Waals surface area contributed by atoms with Crippen molar-refractivity contribution < 1.29 is 13.9 Å². The number of benzene rings is 1. The van der Waals surface area contributed by atoms with Gasteiger partial charge in [0.05, 0.1) is 13.7 Å². The van der Waals surface area contributed by atoms with Crippen molar-refractivity contribution in [3.05, 3.63) is 29.6 Å². The highest BCUT2D eigenvalue weighted by molar-refractivity contribution is 5.31. The van der Waals surface area contributed by atoms with Crippen molar-refractivity contribution in [1.82, 2.24) is 0 Å². The fraction of sp³-hybridized carbons (Fsp3) is 0.538. The van der Waals surface area contributed by atoms with Gasteiger partial charge in [-0.15, -0.1) is 0 Å². The Balaban J connectivity index is 2.12. The zero-order chi connectivity index (χ0) is 12.3. The molecule has 1 heterocycles. The van der Waals surface area contributed by atoms with E-state index in [4.69, 9.17) is 15.2 Å². The SMILES string of the molecule is COc1ccc(C(N)C2CCCOC2)cc1F. The molecule has 1 aromatic carbocycles. The lowest BCUT2D eigenvalue weighted by atomic mass is 9.89. The van der Waals surface area contributed by atoms with Gasteiger partial charge in [-0.25, -0.2) is 4.39 Å². The largest absolute Gasteiger partial charge is 0.494 e. The highest BCUT2D eigenvalue weighted by Gasteiger charge is 2.23. The minimum Gasteiger partial charge on any atom is -0.494 e. The number of methoxy groups -OCH3 is 1. The average molecular weight is 239 g/mol. The monoisotopic (exact) mass is 239 g/mol. The molecular weight excluding hydrogens is 221 g/mol. The summed E-state index contributed by atoms with van der Waals surface area (Å²) in [4.78, 5) is 0. The van der Waals surface area contributed by atoms with Gasteiger partial charge in [-0.05, 0) is 30.5 Å². The second kappa shape index (κ2) is 5.47. The highest BCUT2D eigenvalue weighted by Crippen LogP contribution is 2.29. The molecule has 0 bridgehead atoms. The summed E-state index contributed by atoms with van der Waals surface area (Å²) in [5, 5.41) is 0. The zero-order valence-electron chi connectivity index (χ0n) is 9.99. The summed E-state index contributed by atoms with van der Waals surface area (Å²) in [7, 11) is 1.45. The minimum atomic E-state index is -0.364. The number of hydrogen-bond acceptors (Lipinski definition) is 3. The van der Waals surface area contributed by atoms with Crippen LogP contribution in [0.4, 0.5) is 4.39 Å². The van der Waals surface area contributed by atoms with Gasteiger partial charge in [-0.2, -0.15) is 0 Å². The molecule has 2 N–H and O–H groups in total. The van der Waals surface area contributed by atoms with Crippen molar-refractivity contribution in [2.75, 3.05) is 20.3 Å². The van der Waals surface area contributed by atoms with Crippen molar-refractivity contribution in [2.45, 2.75) is 18.9 Å². The van der Waals surface area contributed by atoms with Crippen LogP contribution in [-0.2, 0) is 4.74 Å². The normalized spacial score (nSPS) is 22.2. The maximum absolute atomic E-state index is 13.6. The summed E-state index contributed by atoms with van der Waals surface area (Å²) in [6, 6.07) is 4.73. The molecule has 17 heavy (non-hydrogen) atoms. The molecule has 0 saturated carbocycles. The van der Waals surface area contributed by atoms with Crippen LogP contribution in [0.15, 0.2) is 18.2 Å². The molecule has 0 aliphatic carbocycles. The van der Waals surface area contributed by atoms with E-state index in [-0.39, 0.29) is 23.5 Å². The maximum atomic E-state index is 13.6. The molecule has 1 aliphatic rings. The molecule has 2 atom stereocenters. The topological polar surface area (TPSA) is 44.5 Å². The van der Waals surface area contributed by atoms with Crippen LogP contribution >= 0.6 is 0 Å². The smallest absolute Gasteiger partial charge is 0.165 e. The van der Waals surface area contributed by atoms with E-state index in [1.807, 2.05) is 6.07 Å². The molecule has 0 spiro atoms. The Morgan fingerprint density at radius 3 is 2.94 bits per heavy atom. The lowest BCUT2D eigenvalue weighted by molar-refractivity contribution is 0.0447. The van der Waals surface area contributed by atoms with Gasteiger partial charge in [0.15, 0.2) is 11.6 Å². The summed E-state index contributed by atoms with van der Waals surface area (Å²) in [6.45, 7) is 1.47. The van der Waals surface area contributed by atoms with E-state index < -0.39 is 0 Å². The predicted octanol–water partition coefficient (Wildman–Crippen LogP) is 2.26. The third kappa shape index (κ3) is 2.76. The Kier molecular flexibility index (Phi) is 3.97. The number of nitrogens with two attached hydrogens (primary N) is 1. The van der Waals surface area contributed by atoms with E-state index >= 15 is 0 Å². The Bertz CT molecular complexity index is 378. The van der Waals surface area contributed by atoms with E-state index in [0.29, 0.717) is 6.61 Å². The summed E-state index contributed by atoms with van der Waals surface area (Å²) in [5.74, 6) is 0.162. The molecule has 4 heteroatoms. The number of rotatable bonds is 3. The molecule has 2 unspecified atom stereocenters. The second-order valence-corrected chi connectivity index (χ2v) is 4.40. The van der Waals surface area contributed by atoms with Gasteiger partial charge in [0.2, 0.25) is 0 Å². The fourth-order valence-electron chi connectivity index (χ4n) is 2.21. The van der Waals surface area contributed by atoms with Crippen molar-refractivity contribution in [1.29, 1.82) is 0 Å². The number of ether oxygens (including phenoxy) is 2. The Morgan fingerprint density at radius 1 is 1.53 bits per heavy atom. The van der Waals surface area contributed by atoms with Crippen LogP contribution in [0, 0.1) is 11.7 Å². The van der Waals surface area contributed by atoms with Gasteiger partial charge in [0.25, 0.3) is 0 Å². The quantitative estimate of drug-likeness (QED) is 0.880. The first-order chi connectivity index (χ1) is 8.22. The van der Waals surface area contributed by atoms with Crippen LogP contribution in [0.5, 0.6) is 5.75 Å². The average Bonchev–Trinajstić information content (AvgIpc) is 2.39. The van der Waals surface area contributed by atoms with Gasteiger partial charge in [-0.3, -0.25) is 0 Å². The maximum Gasteiger partial charge on any atom is 0.165 e. The van der Waals surface area contributed by atoms with Crippen molar-refractivity contribution >= 4 is 0 Å². The molecular formula is C13H18FNO2. The number of hydrogen-bond donors (Lipinski definition) is 1. The van der Waals surface area contributed by atoms with Crippen LogP contribution in [0.2, 0.25) is 0 Å². The Hall–Kier alpha value is -1.13. The van der Waals surface area contributed by atoms with E-state index in [1.165, 1.54) is 13.2 Å². The standard InChI is InChI=1S/C13H18FNO2/c1-16-12-5-4-9(7-11(12)14)13(15)10-3-2-6-17-8-10/h4-5,7,10,13H,2-3,6,8,15H2,1H3. The van der Waals surface area contributed by atoms with Crippen LogP contribution in [0.3, 0.4) is 0 Å². The van der Waals surface area contributed by atoms with Crippen LogP contribution in [0.1, 0.15) is 24.4 Å². The van der Waals surface area contributed by atoms with Crippen molar-refractivity contribution in [3.8, 4) is 5.75 Å². The lowest BCUT2D eigenvalue weighted by Gasteiger charge is -2.27. The zero-order valence-corrected chi connectivity index (χ0v) is 9.99. The molecule has 1 aliphatic heterocycles. The first-order valence-corrected chi connectivity index (χ1v) is 5.89. The Labute approximate surface area is 101 Å². The Morgan fingerprint density at radius 2 is 2.35 bits per heavy atom. The summed E-state index contributed by atoms with van der Waals surface area (Å²) in [5.41, 5.74) is 6.95. The molecule has 0 radical (unpaired) electrons. The lowest BCUT2D eigenvalue weighted by Crippen LogP contribution is -2.29. The first-order valence-electron chi connectivity index (χ1n) is 5.89. The third-order valence-corrected chi connectivity index (χ3v) is 3.26. The summed E-state index contributed by atoms with van der Waals surface area (Å²) >= 11 is 0. The van der Waals surface area contributed by atoms with Gasteiger partial charge < -0.3 is 15.2 Å². The molecule has 0 amide bonds. The molecule has 1 aromatic rings. The van der Waals surface area contributed by atoms with Gasteiger partial charge >= 0.3 is 0 Å². The second-order valence-electron chi connectivity index (χ2n) is 4.40. The van der Waals surface area contributed by atoms with Gasteiger partial charge in [0.1, 0.15) is 0 Å². The minimum absolute atomic E-state index is 0.171. The molecule has 0 aromatic heterocycles. The number of halogens is 1. The molecule has 2 rings (SSSR count). The fourth-order valence-corrected chi connectivity index (χ4v) is 2.21. The van der Waals surface area contributed by atoms with Gasteiger partial charge in [0, 0.05) is 18.6 Å². The van der Waals surface area contributed by atoms with E-state index in [2.05, 4.69) is 0 Å². The molecule has 3 nitrogen and oxygen atoms in total. The third-order valence-electron chi connectivity index (χ3n) is 3.26. The van der Waals surface area contributed by atoms with Crippen LogP contribution in [0.25, 0.3) is 0 Å².